The Morgan fingerprint density at radius 2 is 2.18 bits per heavy atom. The Balaban J connectivity index is 2.52. The van der Waals surface area contributed by atoms with Crippen molar-refractivity contribution in [2.75, 3.05) is 25.6 Å². The molecule has 0 N–H and O–H groups in total. The summed E-state index contributed by atoms with van der Waals surface area (Å²) in [6.45, 7) is 0.910. The van der Waals surface area contributed by atoms with Gasteiger partial charge >= 0.3 is 6.16 Å². The highest BCUT2D eigenvalue weighted by Crippen LogP contribution is 2.29. The van der Waals surface area contributed by atoms with Gasteiger partial charge in [-0.15, -0.1) is 9.24 Å². The van der Waals surface area contributed by atoms with Crippen molar-refractivity contribution in [3.05, 3.63) is 0 Å². The number of rotatable bonds is 2. The summed E-state index contributed by atoms with van der Waals surface area (Å²) in [6, 6.07) is 0. The lowest BCUT2D eigenvalue weighted by atomic mass is 10.2. The molecule has 0 aliphatic carbocycles. The van der Waals surface area contributed by atoms with Gasteiger partial charge in [0.2, 0.25) is 0 Å². The quantitative estimate of drug-likeness (QED) is 0.487. The van der Waals surface area contributed by atoms with Crippen molar-refractivity contribution in [2.24, 2.45) is 0 Å². The van der Waals surface area contributed by atoms with Crippen molar-refractivity contribution in [1.29, 1.82) is 0 Å². The highest BCUT2D eigenvalue weighted by atomic mass is 32.2. The van der Waals surface area contributed by atoms with Crippen LogP contribution in [0.1, 0.15) is 0 Å². The molecule has 64 valence electrons. The smallest absolute Gasteiger partial charge is 0.433 e. The van der Waals surface area contributed by atoms with E-state index < -0.39 is 6.16 Å². The van der Waals surface area contributed by atoms with Crippen molar-refractivity contribution < 1.29 is 14.3 Å². The van der Waals surface area contributed by atoms with Gasteiger partial charge in [0, 0.05) is 0 Å². The van der Waals surface area contributed by atoms with Crippen LogP contribution in [0.2, 0.25) is 0 Å². The molecule has 1 fully saturated rings. The molecular formula is C6H11O3PS. The molecule has 0 aromatic heterocycles. The number of cyclic esters (lactones) is 2. The fraction of sp³-hybridized carbons (Fsp3) is 0.833. The van der Waals surface area contributed by atoms with Crippen molar-refractivity contribution in [3.63, 3.8) is 0 Å². The molecule has 0 amide bonds. The van der Waals surface area contributed by atoms with Gasteiger partial charge in [0.15, 0.2) is 0 Å². The predicted octanol–water partition coefficient (Wildman–Crippen LogP) is 1.13. The minimum Gasteiger partial charge on any atom is -0.433 e. The number of ether oxygens (including phenoxy) is 2. The second-order valence-electron chi connectivity index (χ2n) is 2.42. The molecule has 1 unspecified atom stereocenters. The van der Waals surface area contributed by atoms with E-state index in [1.54, 1.807) is 11.8 Å². The zero-order valence-electron chi connectivity index (χ0n) is 6.33. The van der Waals surface area contributed by atoms with Gasteiger partial charge in [-0.2, -0.15) is 11.8 Å². The summed E-state index contributed by atoms with van der Waals surface area (Å²) < 4.78 is 9.52. The Morgan fingerprint density at radius 1 is 1.64 bits per heavy atom. The van der Waals surface area contributed by atoms with Crippen LogP contribution in [0.5, 0.6) is 0 Å². The number of carbonyl (C=O) groups is 1. The molecule has 0 aromatic carbocycles. The first kappa shape index (κ1) is 9.14. The molecule has 1 rings (SSSR count). The molecule has 1 aliphatic heterocycles. The van der Waals surface area contributed by atoms with Crippen LogP contribution in [0, 0.1) is 0 Å². The predicted molar refractivity (Wildman–Crippen MR) is 48.1 cm³/mol. The molecule has 0 spiro atoms. The number of hydrogen-bond donors (Lipinski definition) is 0. The van der Waals surface area contributed by atoms with E-state index in [4.69, 9.17) is 9.47 Å². The molecule has 1 heterocycles. The third-order valence-corrected chi connectivity index (χ3v) is 4.06. The van der Waals surface area contributed by atoms with E-state index in [0.717, 1.165) is 6.16 Å². The fourth-order valence-corrected chi connectivity index (χ4v) is 2.04. The Kier molecular flexibility index (Phi) is 3.02. The summed E-state index contributed by atoms with van der Waals surface area (Å²) in [4.78, 5) is 10.5. The van der Waals surface area contributed by atoms with Crippen molar-refractivity contribution >= 4 is 27.2 Å². The summed E-state index contributed by atoms with van der Waals surface area (Å²) in [5, 5.41) is 0. The van der Waals surface area contributed by atoms with Gasteiger partial charge < -0.3 is 9.47 Å². The first-order chi connectivity index (χ1) is 5.22. The van der Waals surface area contributed by atoms with Crippen LogP contribution in [0.15, 0.2) is 0 Å². The molecule has 1 aliphatic rings. The minimum atomic E-state index is -0.548. The maximum Gasteiger partial charge on any atom is 0.508 e. The van der Waals surface area contributed by atoms with Gasteiger partial charge in [-0.3, -0.25) is 0 Å². The van der Waals surface area contributed by atoms with Crippen LogP contribution < -0.4 is 0 Å². The van der Waals surface area contributed by atoms with E-state index in [0.29, 0.717) is 13.2 Å². The second-order valence-corrected chi connectivity index (χ2v) is 4.10. The van der Waals surface area contributed by atoms with Crippen LogP contribution in [-0.2, 0) is 9.47 Å². The normalized spacial score (nSPS) is 22.2. The number of thioether (sulfide) groups is 1. The Labute approximate surface area is 72.4 Å². The standard InChI is InChI=1S/C6H11O3PS/c1-11-6(4-10)2-8-5(7)9-3-6/h2-4,10H2,1H3. The highest BCUT2D eigenvalue weighted by Gasteiger charge is 2.35. The largest absolute Gasteiger partial charge is 0.508 e. The van der Waals surface area contributed by atoms with Crippen molar-refractivity contribution in [2.45, 2.75) is 4.75 Å². The van der Waals surface area contributed by atoms with Gasteiger partial charge in [-0.1, -0.05) is 0 Å². The summed E-state index contributed by atoms with van der Waals surface area (Å²) in [5.74, 6) is 0. The average Bonchev–Trinajstić information content (AvgIpc) is 2.07. The zero-order valence-corrected chi connectivity index (χ0v) is 8.30. The molecule has 5 heteroatoms. The Morgan fingerprint density at radius 3 is 2.55 bits per heavy atom. The first-order valence-electron chi connectivity index (χ1n) is 3.27. The Hall–Kier alpha value is 0.0500. The lowest BCUT2D eigenvalue weighted by Gasteiger charge is -2.32. The third kappa shape index (κ3) is 2.00. The first-order valence-corrected chi connectivity index (χ1v) is 5.31. The molecule has 1 saturated heterocycles. The number of carbonyl (C=O) groups excluding carboxylic acids is 1. The van der Waals surface area contributed by atoms with Crippen LogP contribution in [0.3, 0.4) is 0 Å². The molecule has 0 aromatic rings. The summed E-state index contributed by atoms with van der Waals surface area (Å²) >= 11 is 1.67. The van der Waals surface area contributed by atoms with Crippen molar-refractivity contribution in [3.8, 4) is 0 Å². The minimum absolute atomic E-state index is 0.0431. The topological polar surface area (TPSA) is 35.5 Å². The maximum absolute atomic E-state index is 10.5. The van der Waals surface area contributed by atoms with Gasteiger partial charge in [-0.25, -0.2) is 4.79 Å². The summed E-state index contributed by atoms with van der Waals surface area (Å²) in [7, 11) is 2.64. The van der Waals surface area contributed by atoms with E-state index >= 15 is 0 Å². The lowest BCUT2D eigenvalue weighted by molar-refractivity contribution is 0.00439. The molecular weight excluding hydrogens is 183 g/mol. The van der Waals surface area contributed by atoms with E-state index in [2.05, 4.69) is 9.24 Å². The summed E-state index contributed by atoms with van der Waals surface area (Å²) in [5.41, 5.74) is 0. The molecule has 0 radical (unpaired) electrons. The molecule has 3 nitrogen and oxygen atoms in total. The fourth-order valence-electron chi connectivity index (χ4n) is 0.783. The molecule has 1 atom stereocenters. The lowest BCUT2D eigenvalue weighted by Crippen LogP contribution is -2.44. The van der Waals surface area contributed by atoms with E-state index in [1.165, 1.54) is 0 Å². The van der Waals surface area contributed by atoms with Crippen LogP contribution >= 0.6 is 21.0 Å². The zero-order chi connectivity index (χ0) is 8.32. The van der Waals surface area contributed by atoms with Crippen LogP contribution in [-0.4, -0.2) is 36.5 Å². The average molecular weight is 194 g/mol. The van der Waals surface area contributed by atoms with E-state index in [1.807, 2.05) is 6.26 Å². The molecule has 0 bridgehead atoms. The SMILES string of the molecule is CSC1(CP)COC(=O)OC1. The monoisotopic (exact) mass is 194 g/mol. The van der Waals surface area contributed by atoms with Gasteiger partial charge in [0.25, 0.3) is 0 Å². The number of hydrogen-bond acceptors (Lipinski definition) is 4. The highest BCUT2D eigenvalue weighted by molar-refractivity contribution is 8.00. The van der Waals surface area contributed by atoms with Crippen LogP contribution in [0.4, 0.5) is 4.79 Å². The van der Waals surface area contributed by atoms with Crippen molar-refractivity contribution in [1.82, 2.24) is 0 Å². The van der Waals surface area contributed by atoms with Gasteiger partial charge in [-0.05, 0) is 12.4 Å². The van der Waals surface area contributed by atoms with Gasteiger partial charge in [0.1, 0.15) is 13.2 Å². The Bertz CT molecular complexity index is 146. The second kappa shape index (κ2) is 3.63. The van der Waals surface area contributed by atoms with E-state index in [-0.39, 0.29) is 4.75 Å². The van der Waals surface area contributed by atoms with Gasteiger partial charge in [0.05, 0.1) is 4.75 Å². The molecule has 11 heavy (non-hydrogen) atoms. The molecule has 0 saturated carbocycles. The summed E-state index contributed by atoms with van der Waals surface area (Å²) in [6.07, 6.45) is 2.32. The maximum atomic E-state index is 10.5. The van der Waals surface area contributed by atoms with Crippen LogP contribution in [0.25, 0.3) is 0 Å². The van der Waals surface area contributed by atoms with E-state index in [9.17, 15) is 4.79 Å². The third-order valence-electron chi connectivity index (χ3n) is 1.71.